The summed E-state index contributed by atoms with van der Waals surface area (Å²) in [6.45, 7) is 0. The molecule has 2 rings (SSSR count). The molecule has 0 radical (unpaired) electrons. The molecule has 19 heavy (non-hydrogen) atoms. The van der Waals surface area contributed by atoms with Crippen LogP contribution in [0.15, 0.2) is 24.3 Å². The largest absolute Gasteiger partial charge is 0.390 e. The Hall–Kier alpha value is -1.04. The molecule has 0 unspecified atom stereocenters. The van der Waals surface area contributed by atoms with Crippen LogP contribution in [0.3, 0.4) is 0 Å². The van der Waals surface area contributed by atoms with Gasteiger partial charge in [0.1, 0.15) is 0 Å². The minimum atomic E-state index is -0.561. The molecule has 5 heteroatoms. The van der Waals surface area contributed by atoms with Crippen molar-refractivity contribution >= 4 is 17.7 Å². The highest BCUT2D eigenvalue weighted by Gasteiger charge is 2.32. The molecule has 0 aliphatic heterocycles. The van der Waals surface area contributed by atoms with Gasteiger partial charge in [-0.15, -0.1) is 0 Å². The van der Waals surface area contributed by atoms with Crippen LogP contribution in [0.25, 0.3) is 0 Å². The normalized spacial score (nSPS) is 22.9. The highest BCUT2D eigenvalue weighted by molar-refractivity contribution is 7.98. The molecule has 1 amide bonds. The smallest absolute Gasteiger partial charge is 0.237 e. The van der Waals surface area contributed by atoms with Gasteiger partial charge in [0.25, 0.3) is 0 Å². The van der Waals surface area contributed by atoms with Crippen molar-refractivity contribution < 1.29 is 9.90 Å². The lowest BCUT2D eigenvalue weighted by molar-refractivity contribution is -0.123. The third-order valence-electron chi connectivity index (χ3n) is 3.47. The summed E-state index contributed by atoms with van der Waals surface area (Å²) in [5, 5.41) is 12.9. The average Bonchev–Trinajstić information content (AvgIpc) is 2.72. The molecule has 3 atom stereocenters. The van der Waals surface area contributed by atoms with E-state index in [1.807, 2.05) is 30.5 Å². The molecule has 4 N–H and O–H groups in total. The fourth-order valence-corrected chi connectivity index (χ4v) is 2.87. The van der Waals surface area contributed by atoms with Crippen LogP contribution in [0.4, 0.5) is 0 Å². The molecule has 0 heterocycles. The summed E-state index contributed by atoms with van der Waals surface area (Å²) in [4.78, 5) is 12.0. The predicted molar refractivity (Wildman–Crippen MR) is 78.0 cm³/mol. The van der Waals surface area contributed by atoms with Crippen LogP contribution >= 0.6 is 11.8 Å². The van der Waals surface area contributed by atoms with Crippen LogP contribution in [-0.2, 0) is 11.2 Å². The number of rotatable bonds is 5. The van der Waals surface area contributed by atoms with E-state index in [-0.39, 0.29) is 11.9 Å². The van der Waals surface area contributed by atoms with Crippen molar-refractivity contribution in [3.8, 4) is 0 Å². The molecule has 0 saturated carbocycles. The van der Waals surface area contributed by atoms with Gasteiger partial charge < -0.3 is 16.2 Å². The van der Waals surface area contributed by atoms with Crippen molar-refractivity contribution in [2.45, 2.75) is 31.0 Å². The van der Waals surface area contributed by atoms with Gasteiger partial charge in [-0.25, -0.2) is 0 Å². The van der Waals surface area contributed by atoms with E-state index in [4.69, 9.17) is 5.73 Å². The first-order valence-corrected chi connectivity index (χ1v) is 7.83. The predicted octanol–water partition coefficient (Wildman–Crippen LogP) is 0.841. The summed E-state index contributed by atoms with van der Waals surface area (Å²) in [6.07, 6.45) is 2.66. The van der Waals surface area contributed by atoms with Crippen molar-refractivity contribution in [2.75, 3.05) is 12.0 Å². The van der Waals surface area contributed by atoms with E-state index < -0.39 is 12.1 Å². The second-order valence-corrected chi connectivity index (χ2v) is 5.83. The monoisotopic (exact) mass is 280 g/mol. The maximum Gasteiger partial charge on any atom is 0.237 e. The molecule has 0 spiro atoms. The molecule has 104 valence electrons. The fourth-order valence-electron chi connectivity index (χ4n) is 2.38. The molecule has 1 aromatic carbocycles. The Morgan fingerprint density at radius 1 is 1.58 bits per heavy atom. The summed E-state index contributed by atoms with van der Waals surface area (Å²) in [5.41, 5.74) is 7.94. The fraction of sp³-hybridized carbons (Fsp3) is 0.500. The third-order valence-corrected chi connectivity index (χ3v) is 4.12. The SMILES string of the molecule is CSCC[C@@H](N)C(=O)N[C@@H]1c2ccccc2C[C@@H]1O. The highest BCUT2D eigenvalue weighted by Crippen LogP contribution is 2.31. The molecule has 0 aromatic heterocycles. The minimum absolute atomic E-state index is 0.185. The van der Waals surface area contributed by atoms with Crippen LogP contribution in [0, 0.1) is 0 Å². The number of hydrogen-bond donors (Lipinski definition) is 3. The second kappa shape index (κ2) is 6.41. The van der Waals surface area contributed by atoms with Crippen LogP contribution in [-0.4, -0.2) is 35.2 Å². The maximum absolute atomic E-state index is 12.0. The van der Waals surface area contributed by atoms with E-state index in [0.29, 0.717) is 12.8 Å². The second-order valence-electron chi connectivity index (χ2n) is 4.84. The molecular weight excluding hydrogens is 260 g/mol. The Morgan fingerprint density at radius 2 is 2.32 bits per heavy atom. The van der Waals surface area contributed by atoms with E-state index in [1.165, 1.54) is 0 Å². The van der Waals surface area contributed by atoms with Gasteiger partial charge in [-0.2, -0.15) is 11.8 Å². The number of aliphatic hydroxyl groups is 1. The van der Waals surface area contributed by atoms with Crippen molar-refractivity contribution in [1.82, 2.24) is 5.32 Å². The van der Waals surface area contributed by atoms with Gasteiger partial charge in [0, 0.05) is 6.42 Å². The molecule has 0 fully saturated rings. The number of nitrogens with one attached hydrogen (secondary N) is 1. The number of fused-ring (bicyclic) bond motifs is 1. The molecular formula is C14H20N2O2S. The molecule has 4 nitrogen and oxygen atoms in total. The lowest BCUT2D eigenvalue weighted by atomic mass is 10.1. The number of thioether (sulfide) groups is 1. The lowest BCUT2D eigenvalue weighted by Gasteiger charge is -2.20. The highest BCUT2D eigenvalue weighted by atomic mass is 32.2. The molecule has 1 aromatic rings. The number of aliphatic hydroxyl groups excluding tert-OH is 1. The van der Waals surface area contributed by atoms with E-state index in [2.05, 4.69) is 5.32 Å². The first-order valence-electron chi connectivity index (χ1n) is 6.44. The van der Waals surface area contributed by atoms with Gasteiger partial charge in [0.15, 0.2) is 0 Å². The van der Waals surface area contributed by atoms with Crippen LogP contribution < -0.4 is 11.1 Å². The Bertz CT molecular complexity index is 453. The van der Waals surface area contributed by atoms with Gasteiger partial charge in [-0.3, -0.25) is 4.79 Å². The zero-order valence-electron chi connectivity index (χ0n) is 11.0. The van der Waals surface area contributed by atoms with Gasteiger partial charge in [0.2, 0.25) is 5.91 Å². The molecule has 1 aliphatic carbocycles. The number of nitrogens with two attached hydrogens (primary N) is 1. The Morgan fingerprint density at radius 3 is 3.05 bits per heavy atom. The lowest BCUT2D eigenvalue weighted by Crippen LogP contribution is -2.44. The Labute approximate surface area is 117 Å². The summed E-state index contributed by atoms with van der Waals surface area (Å²) in [6, 6.07) is 6.96. The summed E-state index contributed by atoms with van der Waals surface area (Å²) in [7, 11) is 0. The Kier molecular flexibility index (Phi) is 4.85. The van der Waals surface area contributed by atoms with Crippen molar-refractivity contribution in [3.63, 3.8) is 0 Å². The number of carbonyl (C=O) groups is 1. The molecule has 0 saturated heterocycles. The summed E-state index contributed by atoms with van der Waals surface area (Å²) >= 11 is 1.67. The zero-order valence-corrected chi connectivity index (χ0v) is 11.8. The van der Waals surface area contributed by atoms with E-state index in [9.17, 15) is 9.90 Å². The first kappa shape index (κ1) is 14.4. The van der Waals surface area contributed by atoms with Crippen molar-refractivity contribution in [1.29, 1.82) is 0 Å². The van der Waals surface area contributed by atoms with Gasteiger partial charge in [-0.1, -0.05) is 24.3 Å². The van der Waals surface area contributed by atoms with Gasteiger partial charge >= 0.3 is 0 Å². The van der Waals surface area contributed by atoms with E-state index >= 15 is 0 Å². The van der Waals surface area contributed by atoms with Crippen LogP contribution in [0.2, 0.25) is 0 Å². The number of amides is 1. The molecule has 1 aliphatic rings. The van der Waals surface area contributed by atoms with Crippen LogP contribution in [0.1, 0.15) is 23.6 Å². The van der Waals surface area contributed by atoms with E-state index in [0.717, 1.165) is 16.9 Å². The minimum Gasteiger partial charge on any atom is -0.390 e. The van der Waals surface area contributed by atoms with Gasteiger partial charge in [-0.05, 0) is 29.6 Å². The summed E-state index contributed by atoms with van der Waals surface area (Å²) in [5.74, 6) is 0.674. The topological polar surface area (TPSA) is 75.4 Å². The van der Waals surface area contributed by atoms with Crippen molar-refractivity contribution in [3.05, 3.63) is 35.4 Å². The zero-order chi connectivity index (χ0) is 13.8. The average molecular weight is 280 g/mol. The number of carbonyl (C=O) groups excluding carboxylic acids is 1. The maximum atomic E-state index is 12.0. The molecule has 0 bridgehead atoms. The quantitative estimate of drug-likeness (QED) is 0.747. The number of benzene rings is 1. The Balaban J connectivity index is 2.01. The van der Waals surface area contributed by atoms with E-state index in [1.54, 1.807) is 11.8 Å². The van der Waals surface area contributed by atoms with Gasteiger partial charge in [0.05, 0.1) is 18.2 Å². The van der Waals surface area contributed by atoms with Crippen LogP contribution in [0.5, 0.6) is 0 Å². The number of hydrogen-bond acceptors (Lipinski definition) is 4. The standard InChI is InChI=1S/C14H20N2O2S/c1-19-7-6-11(15)14(18)16-13-10-5-3-2-4-9(10)8-12(13)17/h2-5,11-13,17H,6-8,15H2,1H3,(H,16,18)/t11-,12+,13-/m1/s1. The van der Waals surface area contributed by atoms with Crippen molar-refractivity contribution in [2.24, 2.45) is 5.73 Å². The summed E-state index contributed by atoms with van der Waals surface area (Å²) < 4.78 is 0. The third kappa shape index (κ3) is 3.29. The first-order chi connectivity index (χ1) is 9.13.